The van der Waals surface area contributed by atoms with Crippen LogP contribution in [0.5, 0.6) is 0 Å². The van der Waals surface area contributed by atoms with Gasteiger partial charge in [0.2, 0.25) is 0 Å². The molecule has 0 radical (unpaired) electrons. The van der Waals surface area contributed by atoms with Crippen molar-refractivity contribution in [3.63, 3.8) is 0 Å². The third kappa shape index (κ3) is 1.39. The summed E-state index contributed by atoms with van der Waals surface area (Å²) in [6.07, 6.45) is -2.23. The Morgan fingerprint density at radius 3 is 2.60 bits per heavy atom. The first kappa shape index (κ1) is 9.75. The van der Waals surface area contributed by atoms with Gasteiger partial charge in [-0.25, -0.2) is 9.50 Å². The fourth-order valence-corrected chi connectivity index (χ4v) is 1.34. The van der Waals surface area contributed by atoms with Gasteiger partial charge in [-0.15, -0.1) is 0 Å². The van der Waals surface area contributed by atoms with Crippen LogP contribution in [0.2, 0.25) is 0 Å². The van der Waals surface area contributed by atoms with E-state index in [1.807, 2.05) is 0 Å². The van der Waals surface area contributed by atoms with Crippen molar-refractivity contribution in [3.05, 3.63) is 23.7 Å². The van der Waals surface area contributed by atoms with Crippen LogP contribution in [0.1, 0.15) is 11.3 Å². The highest BCUT2D eigenvalue weighted by atomic mass is 19.4. The Kier molecular flexibility index (Phi) is 1.85. The quantitative estimate of drug-likeness (QED) is 0.728. The summed E-state index contributed by atoms with van der Waals surface area (Å²) in [6.45, 7) is 1.63. The fourth-order valence-electron chi connectivity index (χ4n) is 1.34. The maximum absolute atomic E-state index is 12.6. The van der Waals surface area contributed by atoms with Crippen molar-refractivity contribution in [2.75, 3.05) is 5.73 Å². The molecule has 2 aromatic rings. The molecule has 0 aliphatic heterocycles. The Bertz CT molecular complexity index is 514. The molecule has 2 rings (SSSR count). The van der Waals surface area contributed by atoms with Gasteiger partial charge in [0.25, 0.3) is 0 Å². The standard InChI is InChI=1S/C8H7F3N4/c1-4-2-14-15-6(8(9,10)11)5(12)3-13-7(4)15/h2-3H,12H2,1H3. The topological polar surface area (TPSA) is 56.2 Å². The van der Waals surface area contributed by atoms with Crippen molar-refractivity contribution < 1.29 is 13.2 Å². The third-order valence-electron chi connectivity index (χ3n) is 2.00. The molecule has 0 bridgehead atoms. The number of alkyl halides is 3. The number of nitrogens with two attached hydrogens (primary N) is 1. The van der Waals surface area contributed by atoms with Gasteiger partial charge in [-0.3, -0.25) is 0 Å². The van der Waals surface area contributed by atoms with E-state index < -0.39 is 17.6 Å². The van der Waals surface area contributed by atoms with Crippen LogP contribution in [0.15, 0.2) is 12.4 Å². The van der Waals surface area contributed by atoms with Gasteiger partial charge in [0.1, 0.15) is 0 Å². The Hall–Kier alpha value is -1.79. The number of aromatic nitrogens is 3. The van der Waals surface area contributed by atoms with Crippen molar-refractivity contribution >= 4 is 11.3 Å². The van der Waals surface area contributed by atoms with Gasteiger partial charge in [0.05, 0.1) is 18.1 Å². The molecule has 0 atom stereocenters. The first-order valence-electron chi connectivity index (χ1n) is 4.07. The molecule has 0 amide bonds. The van der Waals surface area contributed by atoms with Crippen LogP contribution in [0, 0.1) is 6.92 Å². The van der Waals surface area contributed by atoms with E-state index in [0.717, 1.165) is 6.20 Å². The van der Waals surface area contributed by atoms with Crippen LogP contribution in [0.25, 0.3) is 5.65 Å². The number of hydrogen-bond acceptors (Lipinski definition) is 3. The van der Waals surface area contributed by atoms with Crippen molar-refractivity contribution in [2.45, 2.75) is 13.1 Å². The lowest BCUT2D eigenvalue weighted by atomic mass is 10.3. The number of halogens is 3. The normalized spacial score (nSPS) is 12.3. The van der Waals surface area contributed by atoms with E-state index >= 15 is 0 Å². The summed E-state index contributed by atoms with van der Waals surface area (Å²) in [7, 11) is 0. The van der Waals surface area contributed by atoms with Crippen molar-refractivity contribution in [2.24, 2.45) is 0 Å². The third-order valence-corrected chi connectivity index (χ3v) is 2.00. The summed E-state index contributed by atoms with van der Waals surface area (Å²) >= 11 is 0. The van der Waals surface area contributed by atoms with Crippen molar-refractivity contribution in [1.82, 2.24) is 14.6 Å². The zero-order chi connectivity index (χ0) is 11.2. The summed E-state index contributed by atoms with van der Waals surface area (Å²) in [4.78, 5) is 3.79. The van der Waals surface area contributed by atoms with Crippen LogP contribution in [-0.2, 0) is 6.18 Å². The van der Waals surface area contributed by atoms with Gasteiger partial charge in [-0.2, -0.15) is 18.3 Å². The molecule has 80 valence electrons. The molecule has 0 fully saturated rings. The molecular weight excluding hydrogens is 209 g/mol. The molecule has 0 saturated carbocycles. The molecule has 2 N–H and O–H groups in total. The SMILES string of the molecule is Cc1cnn2c(C(F)(F)F)c(N)cnc12. The molecule has 2 aromatic heterocycles. The maximum Gasteiger partial charge on any atom is 0.435 e. The first-order chi connectivity index (χ1) is 6.91. The number of aryl methyl sites for hydroxylation is 1. The highest BCUT2D eigenvalue weighted by molar-refractivity contribution is 5.53. The summed E-state index contributed by atoms with van der Waals surface area (Å²) in [6, 6.07) is 0. The second kappa shape index (κ2) is 2.85. The largest absolute Gasteiger partial charge is 0.435 e. The van der Waals surface area contributed by atoms with E-state index in [2.05, 4.69) is 10.1 Å². The van der Waals surface area contributed by atoms with Gasteiger partial charge < -0.3 is 5.73 Å². The second-order valence-electron chi connectivity index (χ2n) is 3.12. The maximum atomic E-state index is 12.6. The highest BCUT2D eigenvalue weighted by Gasteiger charge is 2.37. The molecule has 0 aliphatic rings. The molecule has 0 aromatic carbocycles. The number of hydrogen-bond donors (Lipinski definition) is 1. The lowest BCUT2D eigenvalue weighted by Gasteiger charge is -2.10. The molecular formula is C8H7F3N4. The Labute approximate surface area is 82.5 Å². The molecule has 2 heterocycles. The smallest absolute Gasteiger partial charge is 0.396 e. The van der Waals surface area contributed by atoms with Crippen LogP contribution in [-0.4, -0.2) is 14.6 Å². The summed E-state index contributed by atoms with van der Waals surface area (Å²) < 4.78 is 38.6. The number of nitrogens with zero attached hydrogens (tertiary/aromatic N) is 3. The molecule has 0 saturated heterocycles. The molecule has 15 heavy (non-hydrogen) atoms. The van der Waals surface area contributed by atoms with E-state index in [-0.39, 0.29) is 5.65 Å². The average molecular weight is 216 g/mol. The Balaban J connectivity index is 2.87. The van der Waals surface area contributed by atoms with Gasteiger partial charge >= 0.3 is 6.18 Å². The van der Waals surface area contributed by atoms with Crippen LogP contribution < -0.4 is 5.73 Å². The van der Waals surface area contributed by atoms with Gasteiger partial charge in [-0.05, 0) is 6.92 Å². The summed E-state index contributed by atoms with van der Waals surface area (Å²) in [5.41, 5.74) is 4.55. The van der Waals surface area contributed by atoms with Crippen molar-refractivity contribution in [1.29, 1.82) is 0 Å². The monoisotopic (exact) mass is 216 g/mol. The molecule has 0 aliphatic carbocycles. The van der Waals surface area contributed by atoms with Crippen LogP contribution in [0.4, 0.5) is 18.9 Å². The minimum Gasteiger partial charge on any atom is -0.396 e. The Morgan fingerprint density at radius 2 is 2.00 bits per heavy atom. The molecule has 4 nitrogen and oxygen atoms in total. The second-order valence-corrected chi connectivity index (χ2v) is 3.12. The summed E-state index contributed by atoms with van der Waals surface area (Å²) in [5, 5.41) is 3.60. The van der Waals surface area contributed by atoms with Crippen molar-refractivity contribution in [3.8, 4) is 0 Å². The van der Waals surface area contributed by atoms with Crippen LogP contribution in [0.3, 0.4) is 0 Å². The first-order valence-corrected chi connectivity index (χ1v) is 4.07. The lowest BCUT2D eigenvalue weighted by Crippen LogP contribution is -2.16. The average Bonchev–Trinajstić information content (AvgIpc) is 2.45. The van der Waals surface area contributed by atoms with E-state index in [4.69, 9.17) is 5.73 Å². The zero-order valence-electron chi connectivity index (χ0n) is 7.71. The number of nitrogen functional groups attached to an aromatic ring is 1. The number of anilines is 1. The predicted octanol–water partition coefficient (Wildman–Crippen LogP) is 1.64. The number of fused-ring (bicyclic) bond motifs is 1. The fraction of sp³-hybridized carbons (Fsp3) is 0.250. The summed E-state index contributed by atoms with van der Waals surface area (Å²) in [5.74, 6) is 0. The minimum absolute atomic E-state index is 0.163. The lowest BCUT2D eigenvalue weighted by molar-refractivity contribution is -0.141. The zero-order valence-corrected chi connectivity index (χ0v) is 7.71. The van der Waals surface area contributed by atoms with E-state index in [0.29, 0.717) is 10.1 Å². The van der Waals surface area contributed by atoms with E-state index in [1.54, 1.807) is 6.92 Å². The van der Waals surface area contributed by atoms with E-state index in [9.17, 15) is 13.2 Å². The highest BCUT2D eigenvalue weighted by Crippen LogP contribution is 2.33. The molecule has 0 spiro atoms. The number of rotatable bonds is 0. The Morgan fingerprint density at radius 1 is 1.33 bits per heavy atom. The van der Waals surface area contributed by atoms with Crippen LogP contribution >= 0.6 is 0 Å². The van der Waals surface area contributed by atoms with Gasteiger partial charge in [-0.1, -0.05) is 0 Å². The molecule has 0 unspecified atom stereocenters. The van der Waals surface area contributed by atoms with Gasteiger partial charge in [0, 0.05) is 5.56 Å². The molecule has 7 heteroatoms. The minimum atomic E-state index is -4.54. The predicted molar refractivity (Wildman–Crippen MR) is 47.1 cm³/mol. The van der Waals surface area contributed by atoms with Gasteiger partial charge in [0.15, 0.2) is 11.3 Å². The van der Waals surface area contributed by atoms with E-state index in [1.165, 1.54) is 6.20 Å².